The van der Waals surface area contributed by atoms with Gasteiger partial charge in [-0.15, -0.1) is 5.10 Å². The summed E-state index contributed by atoms with van der Waals surface area (Å²) in [7, 11) is 0. The number of benzene rings is 2. The lowest BCUT2D eigenvalue weighted by molar-refractivity contribution is -0.137. The van der Waals surface area contributed by atoms with Gasteiger partial charge in [-0.25, -0.2) is 0 Å². The molecule has 0 amide bonds. The molecular weight excluding hydrogens is 283 g/mol. The lowest BCUT2D eigenvalue weighted by Crippen LogP contribution is -2.15. The minimum absolute atomic E-state index is 0.0968. The molecule has 1 aromatic heterocycles. The standard InChI is InChI=1S/C14H8F3N3O/c15-14(16,17)10-5-3-4-9(8-10)13(21)20-12-7-2-1-6-11(12)18-19-20/h1-8H. The Morgan fingerprint density at radius 1 is 1.05 bits per heavy atom. The zero-order valence-corrected chi connectivity index (χ0v) is 10.5. The van der Waals surface area contributed by atoms with Gasteiger partial charge in [0.2, 0.25) is 0 Å². The van der Waals surface area contributed by atoms with Crippen molar-refractivity contribution >= 4 is 16.9 Å². The van der Waals surface area contributed by atoms with Crippen LogP contribution in [0.5, 0.6) is 0 Å². The highest BCUT2D eigenvalue weighted by Gasteiger charge is 2.31. The first kappa shape index (κ1) is 13.3. The molecule has 0 aliphatic heterocycles. The third-order valence-corrected chi connectivity index (χ3v) is 2.98. The number of alkyl halides is 3. The van der Waals surface area contributed by atoms with Gasteiger partial charge in [0.1, 0.15) is 5.52 Å². The molecule has 1 heterocycles. The molecule has 0 saturated carbocycles. The maximum atomic E-state index is 12.7. The molecule has 106 valence electrons. The van der Waals surface area contributed by atoms with E-state index >= 15 is 0 Å². The fourth-order valence-electron chi connectivity index (χ4n) is 1.97. The number of aromatic nitrogens is 3. The largest absolute Gasteiger partial charge is 0.416 e. The van der Waals surface area contributed by atoms with E-state index < -0.39 is 17.6 Å². The summed E-state index contributed by atoms with van der Waals surface area (Å²) in [4.78, 5) is 12.3. The normalized spacial score (nSPS) is 11.8. The van der Waals surface area contributed by atoms with Crippen molar-refractivity contribution in [2.75, 3.05) is 0 Å². The van der Waals surface area contributed by atoms with Crippen LogP contribution in [0.25, 0.3) is 11.0 Å². The Bertz CT molecular complexity index is 823. The summed E-state index contributed by atoms with van der Waals surface area (Å²) in [6.07, 6.45) is -4.50. The Hall–Kier alpha value is -2.70. The van der Waals surface area contributed by atoms with E-state index in [4.69, 9.17) is 0 Å². The molecule has 0 saturated heterocycles. The fourth-order valence-corrected chi connectivity index (χ4v) is 1.97. The molecule has 0 N–H and O–H groups in total. The van der Waals surface area contributed by atoms with Crippen molar-refractivity contribution < 1.29 is 18.0 Å². The van der Waals surface area contributed by atoms with E-state index in [1.54, 1.807) is 24.3 Å². The molecular formula is C14H8F3N3O. The average Bonchev–Trinajstić information content (AvgIpc) is 2.90. The summed E-state index contributed by atoms with van der Waals surface area (Å²) in [6.45, 7) is 0. The maximum absolute atomic E-state index is 12.7. The number of carbonyl (C=O) groups is 1. The molecule has 3 rings (SSSR count). The van der Waals surface area contributed by atoms with Crippen molar-refractivity contribution in [3.05, 3.63) is 59.7 Å². The van der Waals surface area contributed by atoms with Gasteiger partial charge in [0, 0.05) is 5.56 Å². The molecule has 0 spiro atoms. The van der Waals surface area contributed by atoms with E-state index in [1.165, 1.54) is 12.1 Å². The Labute approximate surface area is 116 Å². The zero-order chi connectivity index (χ0) is 15.0. The second-order valence-corrected chi connectivity index (χ2v) is 4.37. The predicted octanol–water partition coefficient (Wildman–Crippen LogP) is 3.14. The molecule has 0 unspecified atom stereocenters. The van der Waals surface area contributed by atoms with Crippen LogP contribution in [0, 0.1) is 0 Å². The molecule has 3 aromatic rings. The number of fused-ring (bicyclic) bond motifs is 1. The first-order chi connectivity index (χ1) is 9.97. The number of hydrogen-bond acceptors (Lipinski definition) is 3. The molecule has 0 aliphatic carbocycles. The van der Waals surface area contributed by atoms with Gasteiger partial charge in [0.25, 0.3) is 5.91 Å². The fraction of sp³-hybridized carbons (Fsp3) is 0.0714. The molecule has 0 fully saturated rings. The number of carbonyl (C=O) groups excluding carboxylic acids is 1. The lowest BCUT2D eigenvalue weighted by Gasteiger charge is -2.08. The van der Waals surface area contributed by atoms with Crippen molar-refractivity contribution in [2.45, 2.75) is 6.18 Å². The maximum Gasteiger partial charge on any atom is 0.416 e. The van der Waals surface area contributed by atoms with Crippen LogP contribution in [0.3, 0.4) is 0 Å². The summed E-state index contributed by atoms with van der Waals surface area (Å²) in [5.41, 5.74) is -0.0315. The van der Waals surface area contributed by atoms with Gasteiger partial charge in [-0.1, -0.05) is 23.4 Å². The summed E-state index contributed by atoms with van der Waals surface area (Å²) in [5.74, 6) is -0.658. The van der Waals surface area contributed by atoms with Crippen LogP contribution in [-0.2, 0) is 6.18 Å². The summed E-state index contributed by atoms with van der Waals surface area (Å²) < 4.78 is 39.0. The molecule has 21 heavy (non-hydrogen) atoms. The van der Waals surface area contributed by atoms with Gasteiger partial charge in [-0.05, 0) is 30.3 Å². The van der Waals surface area contributed by atoms with Crippen molar-refractivity contribution in [1.82, 2.24) is 15.0 Å². The van der Waals surface area contributed by atoms with E-state index in [2.05, 4.69) is 10.3 Å². The van der Waals surface area contributed by atoms with Gasteiger partial charge in [-0.2, -0.15) is 17.9 Å². The van der Waals surface area contributed by atoms with Crippen LogP contribution in [0.1, 0.15) is 15.9 Å². The molecule has 0 radical (unpaired) electrons. The van der Waals surface area contributed by atoms with Crippen LogP contribution >= 0.6 is 0 Å². The van der Waals surface area contributed by atoms with Crippen LogP contribution in [0.15, 0.2) is 48.5 Å². The van der Waals surface area contributed by atoms with E-state index in [-0.39, 0.29) is 5.56 Å². The SMILES string of the molecule is O=C(c1cccc(C(F)(F)F)c1)n1nnc2ccccc21. The van der Waals surface area contributed by atoms with E-state index in [0.717, 1.165) is 16.8 Å². The van der Waals surface area contributed by atoms with Crippen LogP contribution in [-0.4, -0.2) is 20.9 Å². The second-order valence-electron chi connectivity index (χ2n) is 4.37. The summed E-state index contributed by atoms with van der Waals surface area (Å²) in [5, 5.41) is 7.51. The first-order valence-corrected chi connectivity index (χ1v) is 5.99. The van der Waals surface area contributed by atoms with Crippen molar-refractivity contribution in [1.29, 1.82) is 0 Å². The lowest BCUT2D eigenvalue weighted by atomic mass is 10.1. The van der Waals surface area contributed by atoms with Gasteiger partial charge in [0.15, 0.2) is 0 Å². The number of nitrogens with zero attached hydrogens (tertiary/aromatic N) is 3. The highest BCUT2D eigenvalue weighted by atomic mass is 19.4. The van der Waals surface area contributed by atoms with Crippen molar-refractivity contribution in [3.63, 3.8) is 0 Å². The highest BCUT2D eigenvalue weighted by Crippen LogP contribution is 2.29. The Balaban J connectivity index is 2.07. The highest BCUT2D eigenvalue weighted by molar-refractivity contribution is 6.00. The number of para-hydroxylation sites is 1. The predicted molar refractivity (Wildman–Crippen MR) is 68.7 cm³/mol. The molecule has 0 bridgehead atoms. The minimum atomic E-state index is -4.50. The van der Waals surface area contributed by atoms with E-state index in [0.29, 0.717) is 11.0 Å². The average molecular weight is 291 g/mol. The van der Waals surface area contributed by atoms with Gasteiger partial charge < -0.3 is 0 Å². The van der Waals surface area contributed by atoms with Crippen LogP contribution in [0.2, 0.25) is 0 Å². The summed E-state index contributed by atoms with van der Waals surface area (Å²) in [6, 6.07) is 10.9. The first-order valence-electron chi connectivity index (χ1n) is 5.99. The summed E-state index contributed by atoms with van der Waals surface area (Å²) >= 11 is 0. The smallest absolute Gasteiger partial charge is 0.267 e. The van der Waals surface area contributed by atoms with Gasteiger partial charge in [-0.3, -0.25) is 4.79 Å². The molecule has 2 aromatic carbocycles. The monoisotopic (exact) mass is 291 g/mol. The zero-order valence-electron chi connectivity index (χ0n) is 10.5. The van der Waals surface area contributed by atoms with Crippen molar-refractivity contribution in [2.24, 2.45) is 0 Å². The van der Waals surface area contributed by atoms with Gasteiger partial charge >= 0.3 is 6.18 Å². The Morgan fingerprint density at radius 2 is 1.81 bits per heavy atom. The van der Waals surface area contributed by atoms with Crippen LogP contribution in [0.4, 0.5) is 13.2 Å². The molecule has 0 aliphatic rings. The molecule has 7 heteroatoms. The van der Waals surface area contributed by atoms with E-state index in [9.17, 15) is 18.0 Å². The quantitative estimate of drug-likeness (QED) is 0.692. The number of halogens is 3. The second kappa shape index (κ2) is 4.69. The Kier molecular flexibility index (Phi) is 2.97. The van der Waals surface area contributed by atoms with E-state index in [1.807, 2.05) is 0 Å². The molecule has 0 atom stereocenters. The molecule has 4 nitrogen and oxygen atoms in total. The number of rotatable bonds is 1. The Morgan fingerprint density at radius 3 is 2.57 bits per heavy atom. The topological polar surface area (TPSA) is 47.8 Å². The van der Waals surface area contributed by atoms with Gasteiger partial charge in [0.05, 0.1) is 11.1 Å². The van der Waals surface area contributed by atoms with Crippen LogP contribution < -0.4 is 0 Å². The third kappa shape index (κ3) is 2.37. The van der Waals surface area contributed by atoms with Crippen molar-refractivity contribution in [3.8, 4) is 0 Å². The number of hydrogen-bond donors (Lipinski definition) is 0. The minimum Gasteiger partial charge on any atom is -0.267 e. The third-order valence-electron chi connectivity index (χ3n) is 2.98.